The van der Waals surface area contributed by atoms with Gasteiger partial charge in [-0.3, -0.25) is 0 Å². The Morgan fingerprint density at radius 3 is 2.43 bits per heavy atom. The lowest BCUT2D eigenvalue weighted by Crippen LogP contribution is -2.00. The van der Waals surface area contributed by atoms with Crippen LogP contribution in [0.15, 0.2) is 59.7 Å². The molecular weight excluding hydrogens is 378 g/mol. The van der Waals surface area contributed by atoms with Gasteiger partial charge in [0.1, 0.15) is 23.8 Å². The summed E-state index contributed by atoms with van der Waals surface area (Å²) in [5.74, 6) is 0.734. The van der Waals surface area contributed by atoms with Gasteiger partial charge in [0.05, 0.1) is 17.5 Å². The van der Waals surface area contributed by atoms with Crippen molar-refractivity contribution < 1.29 is 4.74 Å². The summed E-state index contributed by atoms with van der Waals surface area (Å²) in [7, 11) is 1.61. The van der Waals surface area contributed by atoms with Crippen molar-refractivity contribution in [1.82, 2.24) is 20.0 Å². The number of hydrogen-bond acceptors (Lipinski definition) is 5. The number of aromatic nitrogens is 4. The SMILES string of the molecule is COc1ccc(-c2nn(CN=[N+]=[N-])c3nnc(-c4ccccc4)c(Cl)c23)cc1. The van der Waals surface area contributed by atoms with Gasteiger partial charge in [0.25, 0.3) is 0 Å². The maximum absolute atomic E-state index is 8.67. The summed E-state index contributed by atoms with van der Waals surface area (Å²) in [6.45, 7) is -0.0150. The van der Waals surface area contributed by atoms with E-state index in [4.69, 9.17) is 21.9 Å². The van der Waals surface area contributed by atoms with Crippen LogP contribution in [0.3, 0.4) is 0 Å². The van der Waals surface area contributed by atoms with Gasteiger partial charge in [-0.15, -0.1) is 10.2 Å². The van der Waals surface area contributed by atoms with E-state index in [1.807, 2.05) is 54.6 Å². The Balaban J connectivity index is 1.97. The molecule has 0 amide bonds. The minimum absolute atomic E-state index is 0.0150. The lowest BCUT2D eigenvalue weighted by atomic mass is 10.1. The second kappa shape index (κ2) is 7.56. The van der Waals surface area contributed by atoms with E-state index in [2.05, 4.69) is 25.3 Å². The van der Waals surface area contributed by atoms with Crippen molar-refractivity contribution in [3.8, 4) is 28.3 Å². The van der Waals surface area contributed by atoms with Crippen LogP contribution in [0.25, 0.3) is 44.0 Å². The van der Waals surface area contributed by atoms with Crippen LogP contribution in [-0.4, -0.2) is 27.1 Å². The van der Waals surface area contributed by atoms with Crippen molar-refractivity contribution in [3.63, 3.8) is 0 Å². The molecule has 0 aliphatic heterocycles. The number of ether oxygens (including phenoxy) is 1. The minimum atomic E-state index is -0.0150. The molecule has 0 saturated carbocycles. The zero-order valence-corrected chi connectivity index (χ0v) is 15.6. The maximum atomic E-state index is 8.67. The van der Waals surface area contributed by atoms with Gasteiger partial charge in [0, 0.05) is 16.0 Å². The topological polar surface area (TPSA) is 102 Å². The van der Waals surface area contributed by atoms with Gasteiger partial charge in [-0.2, -0.15) is 5.10 Å². The fourth-order valence-electron chi connectivity index (χ4n) is 2.93. The van der Waals surface area contributed by atoms with E-state index >= 15 is 0 Å². The standard InChI is InChI=1S/C19H14ClN7O/c1-28-14-9-7-13(8-10-14)17-15-16(20)18(12-5-3-2-4-6-12)23-24-19(15)27(25-17)11-22-26-21/h2-10H,11H2,1H3. The molecule has 0 aliphatic rings. The van der Waals surface area contributed by atoms with Gasteiger partial charge in [-0.05, 0) is 29.8 Å². The van der Waals surface area contributed by atoms with Crippen LogP contribution >= 0.6 is 11.6 Å². The van der Waals surface area contributed by atoms with E-state index in [9.17, 15) is 0 Å². The lowest BCUT2D eigenvalue weighted by molar-refractivity contribution is 0.415. The molecule has 138 valence electrons. The highest BCUT2D eigenvalue weighted by atomic mass is 35.5. The smallest absolute Gasteiger partial charge is 0.182 e. The molecule has 0 radical (unpaired) electrons. The number of rotatable bonds is 5. The van der Waals surface area contributed by atoms with E-state index in [0.717, 1.165) is 16.9 Å². The molecule has 9 heteroatoms. The molecule has 0 fully saturated rings. The Labute approximate surface area is 165 Å². The molecule has 2 heterocycles. The van der Waals surface area contributed by atoms with Crippen molar-refractivity contribution in [2.45, 2.75) is 6.67 Å². The average Bonchev–Trinajstić information content (AvgIpc) is 3.12. The molecule has 0 saturated heterocycles. The number of hydrogen-bond donors (Lipinski definition) is 0. The quantitative estimate of drug-likeness (QED) is 0.268. The first-order valence-electron chi connectivity index (χ1n) is 8.36. The van der Waals surface area contributed by atoms with E-state index in [0.29, 0.717) is 27.4 Å². The molecule has 2 aromatic heterocycles. The Morgan fingerprint density at radius 2 is 1.75 bits per heavy atom. The van der Waals surface area contributed by atoms with Gasteiger partial charge in [-0.1, -0.05) is 47.0 Å². The number of azide groups is 1. The number of methoxy groups -OCH3 is 1. The van der Waals surface area contributed by atoms with Crippen molar-refractivity contribution >= 4 is 22.6 Å². The summed E-state index contributed by atoms with van der Waals surface area (Å²) in [5.41, 5.74) is 12.0. The first-order chi connectivity index (χ1) is 13.7. The van der Waals surface area contributed by atoms with Gasteiger partial charge in [-0.25, -0.2) is 4.68 Å². The number of halogens is 1. The minimum Gasteiger partial charge on any atom is -0.497 e. The van der Waals surface area contributed by atoms with Crippen LogP contribution in [-0.2, 0) is 6.67 Å². The van der Waals surface area contributed by atoms with E-state index in [1.165, 1.54) is 4.68 Å². The highest BCUT2D eigenvalue weighted by Gasteiger charge is 2.20. The Hall–Kier alpha value is -3.61. The van der Waals surface area contributed by atoms with Gasteiger partial charge in [0.15, 0.2) is 5.65 Å². The molecule has 28 heavy (non-hydrogen) atoms. The van der Waals surface area contributed by atoms with Crippen molar-refractivity contribution in [3.05, 3.63) is 70.1 Å². The van der Waals surface area contributed by atoms with Crippen molar-refractivity contribution in [1.29, 1.82) is 0 Å². The molecule has 8 nitrogen and oxygen atoms in total. The molecule has 0 unspecified atom stereocenters. The summed E-state index contributed by atoms with van der Waals surface area (Å²) >= 11 is 6.75. The third-order valence-electron chi connectivity index (χ3n) is 4.27. The predicted molar refractivity (Wildman–Crippen MR) is 107 cm³/mol. The molecule has 4 aromatic rings. The molecule has 0 aliphatic carbocycles. The van der Waals surface area contributed by atoms with Crippen LogP contribution in [0.5, 0.6) is 5.75 Å². The lowest BCUT2D eigenvalue weighted by Gasteiger charge is -2.05. The van der Waals surface area contributed by atoms with Crippen LogP contribution in [0.2, 0.25) is 5.02 Å². The largest absolute Gasteiger partial charge is 0.497 e. The summed E-state index contributed by atoms with van der Waals surface area (Å²) in [5, 5.41) is 17.8. The average molecular weight is 392 g/mol. The third-order valence-corrected chi connectivity index (χ3v) is 4.64. The van der Waals surface area contributed by atoms with E-state index in [1.54, 1.807) is 7.11 Å². The highest BCUT2D eigenvalue weighted by Crippen LogP contribution is 2.37. The molecule has 0 spiro atoms. The maximum Gasteiger partial charge on any atom is 0.182 e. The van der Waals surface area contributed by atoms with E-state index < -0.39 is 0 Å². The number of benzene rings is 2. The third kappa shape index (κ3) is 3.11. The van der Waals surface area contributed by atoms with Crippen molar-refractivity contribution in [2.24, 2.45) is 5.11 Å². The zero-order valence-electron chi connectivity index (χ0n) is 14.8. The molecule has 2 aromatic carbocycles. The fraction of sp³-hybridized carbons (Fsp3) is 0.105. The second-order valence-electron chi connectivity index (χ2n) is 5.88. The van der Waals surface area contributed by atoms with E-state index in [-0.39, 0.29) is 6.67 Å². The van der Waals surface area contributed by atoms with Gasteiger partial charge >= 0.3 is 0 Å². The number of nitrogens with zero attached hydrogens (tertiary/aromatic N) is 7. The van der Waals surface area contributed by atoms with Gasteiger partial charge in [0.2, 0.25) is 0 Å². The van der Waals surface area contributed by atoms with Crippen LogP contribution in [0.1, 0.15) is 0 Å². The summed E-state index contributed by atoms with van der Waals surface area (Å²) in [6, 6.07) is 17.0. The fourth-order valence-corrected chi connectivity index (χ4v) is 3.26. The first-order valence-corrected chi connectivity index (χ1v) is 8.74. The highest BCUT2D eigenvalue weighted by molar-refractivity contribution is 6.38. The monoisotopic (exact) mass is 391 g/mol. The second-order valence-corrected chi connectivity index (χ2v) is 6.25. The Morgan fingerprint density at radius 1 is 1.04 bits per heavy atom. The van der Waals surface area contributed by atoms with Crippen LogP contribution in [0, 0.1) is 0 Å². The summed E-state index contributed by atoms with van der Waals surface area (Å²) < 4.78 is 6.71. The first kappa shape index (κ1) is 17.8. The molecule has 4 rings (SSSR count). The normalized spacial score (nSPS) is 10.6. The molecular formula is C19H14ClN7O. The number of fused-ring (bicyclic) bond motifs is 1. The van der Waals surface area contributed by atoms with Crippen molar-refractivity contribution in [2.75, 3.05) is 7.11 Å². The zero-order chi connectivity index (χ0) is 19.5. The van der Waals surface area contributed by atoms with Crippen LogP contribution < -0.4 is 4.74 Å². The Bertz CT molecular complexity index is 1180. The summed E-state index contributed by atoms with van der Waals surface area (Å²) in [4.78, 5) is 2.80. The molecule has 0 atom stereocenters. The Kier molecular flexibility index (Phi) is 4.80. The van der Waals surface area contributed by atoms with Gasteiger partial charge < -0.3 is 4.74 Å². The molecule has 0 N–H and O–H groups in total. The molecule has 0 bridgehead atoms. The van der Waals surface area contributed by atoms with Crippen LogP contribution in [0.4, 0.5) is 0 Å². The summed E-state index contributed by atoms with van der Waals surface area (Å²) in [6.07, 6.45) is 0. The predicted octanol–water partition coefficient (Wildman–Crippen LogP) is 5.09.